The normalized spacial score (nSPS) is 12.7. The fraction of sp³-hybridized carbons (Fsp3) is 0.600. The van der Waals surface area contributed by atoms with Crippen LogP contribution in [0.3, 0.4) is 0 Å². The smallest absolute Gasteiger partial charge is 0.119 e. The standard InChI is InChI=1S/C15H25NO/c1-13(2)7-6-8-14(16)11-12-17-15-9-4-3-5-10-15/h3-5,9-10,13-14H,6-8,11-12,16H2,1-2H3. The van der Waals surface area contributed by atoms with Crippen molar-refractivity contribution < 1.29 is 4.74 Å². The third kappa shape index (κ3) is 7.01. The topological polar surface area (TPSA) is 35.2 Å². The number of benzene rings is 1. The summed E-state index contributed by atoms with van der Waals surface area (Å²) in [4.78, 5) is 0. The molecule has 0 amide bonds. The first kappa shape index (κ1) is 14.0. The molecule has 0 heterocycles. The minimum absolute atomic E-state index is 0.275. The maximum absolute atomic E-state index is 6.04. The second kappa shape index (κ2) is 8.13. The quantitative estimate of drug-likeness (QED) is 0.747. The largest absolute Gasteiger partial charge is 0.494 e. The zero-order valence-electron chi connectivity index (χ0n) is 11.1. The highest BCUT2D eigenvalue weighted by Gasteiger charge is 2.03. The van der Waals surface area contributed by atoms with Crippen LogP contribution in [0.1, 0.15) is 39.5 Å². The fourth-order valence-electron chi connectivity index (χ4n) is 1.78. The van der Waals surface area contributed by atoms with Crippen LogP contribution in [0, 0.1) is 5.92 Å². The minimum Gasteiger partial charge on any atom is -0.494 e. The summed E-state index contributed by atoms with van der Waals surface area (Å²) < 4.78 is 5.62. The van der Waals surface area contributed by atoms with Gasteiger partial charge in [-0.15, -0.1) is 0 Å². The van der Waals surface area contributed by atoms with E-state index in [1.165, 1.54) is 12.8 Å². The number of hydrogen-bond acceptors (Lipinski definition) is 2. The van der Waals surface area contributed by atoms with Gasteiger partial charge in [-0.3, -0.25) is 0 Å². The predicted molar refractivity (Wildman–Crippen MR) is 73.2 cm³/mol. The van der Waals surface area contributed by atoms with Crippen LogP contribution in [0.25, 0.3) is 0 Å². The Kier molecular flexibility index (Phi) is 6.71. The van der Waals surface area contributed by atoms with Crippen LogP contribution in [-0.4, -0.2) is 12.6 Å². The van der Waals surface area contributed by atoms with Crippen LogP contribution in [-0.2, 0) is 0 Å². The van der Waals surface area contributed by atoms with Crippen molar-refractivity contribution in [1.29, 1.82) is 0 Å². The monoisotopic (exact) mass is 235 g/mol. The lowest BCUT2D eigenvalue weighted by Gasteiger charge is -2.13. The summed E-state index contributed by atoms with van der Waals surface area (Å²) in [6, 6.07) is 10.2. The Balaban J connectivity index is 2.06. The van der Waals surface area contributed by atoms with Crippen LogP contribution in [0.15, 0.2) is 30.3 Å². The van der Waals surface area contributed by atoms with E-state index in [0.717, 1.165) is 24.5 Å². The van der Waals surface area contributed by atoms with Crippen molar-refractivity contribution in [2.45, 2.75) is 45.6 Å². The van der Waals surface area contributed by atoms with E-state index in [2.05, 4.69) is 13.8 Å². The van der Waals surface area contributed by atoms with Crippen LogP contribution >= 0.6 is 0 Å². The van der Waals surface area contributed by atoms with Crippen molar-refractivity contribution in [3.8, 4) is 5.75 Å². The lowest BCUT2D eigenvalue weighted by atomic mass is 10.0. The van der Waals surface area contributed by atoms with E-state index in [0.29, 0.717) is 6.61 Å². The molecule has 0 saturated carbocycles. The molecule has 0 aromatic heterocycles. The molecular weight excluding hydrogens is 210 g/mol. The maximum Gasteiger partial charge on any atom is 0.119 e. The average molecular weight is 235 g/mol. The van der Waals surface area contributed by atoms with Crippen molar-refractivity contribution >= 4 is 0 Å². The van der Waals surface area contributed by atoms with Gasteiger partial charge in [0.25, 0.3) is 0 Å². The molecule has 0 spiro atoms. The minimum atomic E-state index is 0.275. The molecule has 0 bridgehead atoms. The van der Waals surface area contributed by atoms with Crippen molar-refractivity contribution in [1.82, 2.24) is 0 Å². The van der Waals surface area contributed by atoms with Gasteiger partial charge in [0, 0.05) is 6.04 Å². The van der Waals surface area contributed by atoms with Crippen LogP contribution < -0.4 is 10.5 Å². The van der Waals surface area contributed by atoms with Gasteiger partial charge in [-0.25, -0.2) is 0 Å². The van der Waals surface area contributed by atoms with E-state index in [1.54, 1.807) is 0 Å². The first-order chi connectivity index (χ1) is 8.18. The highest BCUT2D eigenvalue weighted by atomic mass is 16.5. The molecule has 0 aliphatic carbocycles. The summed E-state index contributed by atoms with van der Waals surface area (Å²) in [6.07, 6.45) is 4.54. The third-order valence-electron chi connectivity index (χ3n) is 2.86. The summed E-state index contributed by atoms with van der Waals surface area (Å²) >= 11 is 0. The van der Waals surface area contributed by atoms with Gasteiger partial charge in [-0.05, 0) is 30.9 Å². The first-order valence-electron chi connectivity index (χ1n) is 6.62. The molecule has 17 heavy (non-hydrogen) atoms. The molecule has 2 N–H and O–H groups in total. The van der Waals surface area contributed by atoms with E-state index in [-0.39, 0.29) is 6.04 Å². The van der Waals surface area contributed by atoms with Gasteiger partial charge in [0.05, 0.1) is 6.61 Å². The van der Waals surface area contributed by atoms with E-state index in [1.807, 2.05) is 30.3 Å². The zero-order chi connectivity index (χ0) is 12.5. The lowest BCUT2D eigenvalue weighted by Crippen LogP contribution is -2.22. The maximum atomic E-state index is 6.04. The number of hydrogen-bond donors (Lipinski definition) is 1. The second-order valence-corrected chi connectivity index (χ2v) is 5.04. The summed E-state index contributed by atoms with van der Waals surface area (Å²) in [5.74, 6) is 1.71. The molecule has 1 rings (SSSR count). The van der Waals surface area contributed by atoms with Crippen molar-refractivity contribution in [2.75, 3.05) is 6.61 Å². The highest BCUT2D eigenvalue weighted by Crippen LogP contribution is 2.11. The molecule has 0 fully saturated rings. The summed E-state index contributed by atoms with van der Waals surface area (Å²) in [5.41, 5.74) is 6.04. The Labute approximate surface area is 105 Å². The zero-order valence-corrected chi connectivity index (χ0v) is 11.1. The van der Waals surface area contributed by atoms with Gasteiger partial charge in [-0.1, -0.05) is 44.9 Å². The lowest BCUT2D eigenvalue weighted by molar-refractivity contribution is 0.292. The molecule has 1 unspecified atom stereocenters. The van der Waals surface area contributed by atoms with Crippen LogP contribution in [0.2, 0.25) is 0 Å². The molecule has 0 radical (unpaired) electrons. The highest BCUT2D eigenvalue weighted by molar-refractivity contribution is 5.20. The van der Waals surface area contributed by atoms with Gasteiger partial charge in [0.15, 0.2) is 0 Å². The van der Waals surface area contributed by atoms with Gasteiger partial charge in [0.2, 0.25) is 0 Å². The van der Waals surface area contributed by atoms with Crippen molar-refractivity contribution in [2.24, 2.45) is 11.7 Å². The van der Waals surface area contributed by atoms with E-state index >= 15 is 0 Å². The first-order valence-corrected chi connectivity index (χ1v) is 6.62. The Hall–Kier alpha value is -1.02. The SMILES string of the molecule is CC(C)CCCC(N)CCOc1ccccc1. The summed E-state index contributed by atoms with van der Waals surface area (Å²) in [5, 5.41) is 0. The third-order valence-corrected chi connectivity index (χ3v) is 2.86. The molecule has 0 aliphatic rings. The van der Waals surface area contributed by atoms with Crippen LogP contribution in [0.5, 0.6) is 5.75 Å². The fourth-order valence-corrected chi connectivity index (χ4v) is 1.78. The molecule has 1 aromatic carbocycles. The van der Waals surface area contributed by atoms with Gasteiger partial charge >= 0.3 is 0 Å². The Morgan fingerprint density at radius 2 is 1.76 bits per heavy atom. The van der Waals surface area contributed by atoms with Gasteiger partial charge in [-0.2, -0.15) is 0 Å². The summed E-state index contributed by atoms with van der Waals surface area (Å²) in [6.45, 7) is 5.22. The number of nitrogens with two attached hydrogens (primary N) is 1. The van der Waals surface area contributed by atoms with Crippen LogP contribution in [0.4, 0.5) is 0 Å². The van der Waals surface area contributed by atoms with E-state index in [9.17, 15) is 0 Å². The van der Waals surface area contributed by atoms with Gasteiger partial charge < -0.3 is 10.5 Å². The average Bonchev–Trinajstić information content (AvgIpc) is 2.30. The Bertz CT molecular complexity index is 284. The molecule has 2 heteroatoms. The van der Waals surface area contributed by atoms with Crippen molar-refractivity contribution in [3.63, 3.8) is 0 Å². The number of para-hydroxylation sites is 1. The van der Waals surface area contributed by atoms with Crippen molar-refractivity contribution in [3.05, 3.63) is 30.3 Å². The molecule has 1 atom stereocenters. The predicted octanol–water partition coefficient (Wildman–Crippen LogP) is 3.61. The second-order valence-electron chi connectivity index (χ2n) is 5.04. The van der Waals surface area contributed by atoms with Gasteiger partial charge in [0.1, 0.15) is 5.75 Å². The molecular formula is C15H25NO. The molecule has 0 saturated heterocycles. The molecule has 0 aliphatic heterocycles. The summed E-state index contributed by atoms with van der Waals surface area (Å²) in [7, 11) is 0. The number of ether oxygens (including phenoxy) is 1. The molecule has 96 valence electrons. The molecule has 2 nitrogen and oxygen atoms in total. The number of rotatable bonds is 8. The molecule has 1 aromatic rings. The van der Waals surface area contributed by atoms with E-state index < -0.39 is 0 Å². The Morgan fingerprint density at radius 3 is 2.41 bits per heavy atom. The van der Waals surface area contributed by atoms with E-state index in [4.69, 9.17) is 10.5 Å². The Morgan fingerprint density at radius 1 is 1.06 bits per heavy atom.